The van der Waals surface area contributed by atoms with Gasteiger partial charge in [-0.2, -0.15) is 0 Å². The highest BCUT2D eigenvalue weighted by Gasteiger charge is 2.51. The van der Waals surface area contributed by atoms with Crippen LogP contribution in [0.4, 0.5) is 5.69 Å². The van der Waals surface area contributed by atoms with E-state index in [1.165, 1.54) is 48.4 Å². The maximum atomic E-state index is 12.5. The van der Waals surface area contributed by atoms with Crippen LogP contribution in [0.3, 0.4) is 0 Å². The molecule has 1 aromatic carbocycles. The molecule has 4 aliphatic rings. The van der Waals surface area contributed by atoms with E-state index in [-0.39, 0.29) is 24.0 Å². The summed E-state index contributed by atoms with van der Waals surface area (Å²) in [6.45, 7) is 4.77. The Morgan fingerprint density at radius 1 is 1.09 bits per heavy atom. The van der Waals surface area contributed by atoms with Crippen molar-refractivity contribution in [3.05, 3.63) is 29.8 Å². The molecule has 6 nitrogen and oxygen atoms in total. The number of sulfonamides is 1. The van der Waals surface area contributed by atoms with E-state index in [1.54, 1.807) is 0 Å². The van der Waals surface area contributed by atoms with E-state index in [4.69, 9.17) is 4.74 Å². The Labute approximate surface area is 193 Å². The van der Waals surface area contributed by atoms with Crippen molar-refractivity contribution in [1.82, 2.24) is 5.32 Å². The molecule has 4 fully saturated rings. The van der Waals surface area contributed by atoms with Crippen LogP contribution in [0.5, 0.6) is 0 Å². The highest BCUT2D eigenvalue weighted by atomic mass is 32.2. The van der Waals surface area contributed by atoms with Crippen LogP contribution in [0.2, 0.25) is 0 Å². The molecule has 4 bridgehead atoms. The number of nitrogens with zero attached hydrogens (tertiary/aromatic N) is 1. The average Bonchev–Trinajstić information content (AvgIpc) is 2.70. The number of ether oxygens (including phenoxy) is 1. The Kier molecular flexibility index (Phi) is 6.87. The van der Waals surface area contributed by atoms with E-state index in [1.807, 2.05) is 26.0 Å². The molecule has 4 aliphatic carbocycles. The van der Waals surface area contributed by atoms with Crippen molar-refractivity contribution in [2.75, 3.05) is 30.3 Å². The molecular weight excluding hydrogens is 424 g/mol. The van der Waals surface area contributed by atoms with Crippen LogP contribution in [0, 0.1) is 17.8 Å². The highest BCUT2D eigenvalue weighted by Crippen LogP contribution is 2.60. The van der Waals surface area contributed by atoms with Crippen molar-refractivity contribution in [1.29, 1.82) is 0 Å². The van der Waals surface area contributed by atoms with Gasteiger partial charge in [-0.3, -0.25) is 9.10 Å². The van der Waals surface area contributed by atoms with Crippen molar-refractivity contribution < 1.29 is 17.9 Å². The number of benzene rings is 1. The first-order valence-corrected chi connectivity index (χ1v) is 14.0. The Hall–Kier alpha value is -1.60. The molecule has 1 amide bonds. The number of nitrogens with one attached hydrogen (secondary N) is 1. The molecule has 178 valence electrons. The third-order valence-corrected chi connectivity index (χ3v) is 8.73. The van der Waals surface area contributed by atoms with E-state index >= 15 is 0 Å². The second-order valence-electron chi connectivity index (χ2n) is 10.6. The lowest BCUT2D eigenvalue weighted by Gasteiger charge is -2.57. The number of anilines is 1. The number of carbonyl (C=O) groups is 1. The van der Waals surface area contributed by atoms with Gasteiger partial charge in [0.25, 0.3) is 0 Å². The van der Waals surface area contributed by atoms with Crippen molar-refractivity contribution in [3.8, 4) is 0 Å². The van der Waals surface area contributed by atoms with Gasteiger partial charge >= 0.3 is 0 Å². The number of hydrogen-bond acceptors (Lipinski definition) is 4. The molecule has 0 atom stereocenters. The van der Waals surface area contributed by atoms with Crippen LogP contribution in [0.15, 0.2) is 24.3 Å². The average molecular weight is 463 g/mol. The smallest absolute Gasteiger partial charge is 0.240 e. The maximum absolute atomic E-state index is 12.5. The molecule has 0 spiro atoms. The Morgan fingerprint density at radius 2 is 1.66 bits per heavy atom. The minimum absolute atomic E-state index is 0.160. The van der Waals surface area contributed by atoms with Gasteiger partial charge in [-0.1, -0.05) is 12.1 Å². The minimum Gasteiger partial charge on any atom is -0.379 e. The zero-order valence-electron chi connectivity index (χ0n) is 19.7. The SMILES string of the molecule is CC(C)OCCCNC(=O)CN(c1ccc(C23CC4CC(CC(C4)C2)C3)cc1)S(C)(=O)=O. The van der Waals surface area contributed by atoms with Crippen LogP contribution in [0.1, 0.15) is 64.4 Å². The van der Waals surface area contributed by atoms with E-state index in [0.29, 0.717) is 25.3 Å². The lowest BCUT2D eigenvalue weighted by Crippen LogP contribution is -2.48. The normalized spacial score (nSPS) is 28.8. The molecule has 0 aromatic heterocycles. The van der Waals surface area contributed by atoms with Gasteiger partial charge in [0.1, 0.15) is 6.54 Å². The Balaban J connectivity index is 1.40. The summed E-state index contributed by atoms with van der Waals surface area (Å²) in [5, 5.41) is 2.80. The molecule has 5 rings (SSSR count). The van der Waals surface area contributed by atoms with Crippen molar-refractivity contribution in [2.24, 2.45) is 17.8 Å². The largest absolute Gasteiger partial charge is 0.379 e. The summed E-state index contributed by atoms with van der Waals surface area (Å²) >= 11 is 0. The van der Waals surface area contributed by atoms with Crippen molar-refractivity contribution in [2.45, 2.75) is 70.3 Å². The Morgan fingerprint density at radius 3 is 2.16 bits per heavy atom. The van der Waals surface area contributed by atoms with Crippen LogP contribution in [0.25, 0.3) is 0 Å². The van der Waals surface area contributed by atoms with Gasteiger partial charge in [-0.05, 0) is 99.7 Å². The van der Waals surface area contributed by atoms with E-state index in [2.05, 4.69) is 17.4 Å². The quantitative estimate of drug-likeness (QED) is 0.536. The molecule has 1 N–H and O–H groups in total. The van der Waals surface area contributed by atoms with Crippen LogP contribution < -0.4 is 9.62 Å². The Bertz CT molecular complexity index is 875. The number of hydrogen-bond donors (Lipinski definition) is 1. The van der Waals surface area contributed by atoms with Crippen LogP contribution in [-0.2, 0) is 25.0 Å². The third-order valence-electron chi connectivity index (χ3n) is 7.59. The summed E-state index contributed by atoms with van der Waals surface area (Å²) < 4.78 is 31.6. The second-order valence-corrected chi connectivity index (χ2v) is 12.5. The van der Waals surface area contributed by atoms with Gasteiger partial charge in [0.2, 0.25) is 15.9 Å². The van der Waals surface area contributed by atoms with Crippen molar-refractivity contribution >= 4 is 21.6 Å². The first kappa shape index (κ1) is 23.6. The lowest BCUT2D eigenvalue weighted by atomic mass is 9.48. The molecule has 0 aliphatic heterocycles. The molecular formula is C25H38N2O4S. The van der Waals surface area contributed by atoms with Gasteiger partial charge in [-0.15, -0.1) is 0 Å². The van der Waals surface area contributed by atoms with E-state index < -0.39 is 10.0 Å². The summed E-state index contributed by atoms with van der Waals surface area (Å²) in [5.41, 5.74) is 2.18. The summed E-state index contributed by atoms with van der Waals surface area (Å²) in [5.74, 6) is 2.29. The molecule has 4 saturated carbocycles. The molecule has 32 heavy (non-hydrogen) atoms. The topological polar surface area (TPSA) is 75.7 Å². The molecule has 0 unspecified atom stereocenters. The molecule has 0 saturated heterocycles. The maximum Gasteiger partial charge on any atom is 0.240 e. The molecule has 0 heterocycles. The molecule has 7 heteroatoms. The predicted octanol–water partition coefficient (Wildman–Crippen LogP) is 3.85. The summed E-state index contributed by atoms with van der Waals surface area (Å²) in [4.78, 5) is 12.4. The number of carbonyl (C=O) groups excluding carboxylic acids is 1. The van der Waals surface area contributed by atoms with E-state index in [9.17, 15) is 13.2 Å². The predicted molar refractivity (Wildman–Crippen MR) is 127 cm³/mol. The second kappa shape index (κ2) is 9.34. The summed E-state index contributed by atoms with van der Waals surface area (Å²) in [6.07, 6.45) is 10.0. The van der Waals surface area contributed by atoms with Gasteiger partial charge in [0.05, 0.1) is 18.0 Å². The van der Waals surface area contributed by atoms with Crippen LogP contribution >= 0.6 is 0 Å². The molecule has 1 aromatic rings. The first-order chi connectivity index (χ1) is 15.1. The number of rotatable bonds is 10. The van der Waals surface area contributed by atoms with Gasteiger partial charge in [-0.25, -0.2) is 8.42 Å². The fourth-order valence-corrected chi connectivity index (χ4v) is 7.51. The fraction of sp³-hybridized carbons (Fsp3) is 0.720. The highest BCUT2D eigenvalue weighted by molar-refractivity contribution is 7.92. The molecule has 0 radical (unpaired) electrons. The van der Waals surface area contributed by atoms with Crippen LogP contribution in [-0.4, -0.2) is 46.4 Å². The zero-order valence-corrected chi connectivity index (χ0v) is 20.5. The third kappa shape index (κ3) is 5.30. The number of amides is 1. The monoisotopic (exact) mass is 462 g/mol. The zero-order chi connectivity index (χ0) is 22.9. The minimum atomic E-state index is -3.57. The lowest BCUT2D eigenvalue weighted by molar-refractivity contribution is -0.119. The van der Waals surface area contributed by atoms with Crippen molar-refractivity contribution in [3.63, 3.8) is 0 Å². The van der Waals surface area contributed by atoms with Gasteiger partial charge in [0.15, 0.2) is 0 Å². The van der Waals surface area contributed by atoms with Gasteiger partial charge in [0, 0.05) is 13.2 Å². The standard InChI is InChI=1S/C25H38N2O4S/c1-18(2)31-10-4-9-26-24(28)17-27(32(3,29)30)23-7-5-22(6-8-23)25-14-19-11-20(15-25)13-21(12-19)16-25/h5-8,18-21H,4,9-17H2,1-3H3,(H,26,28). The summed E-state index contributed by atoms with van der Waals surface area (Å²) in [6, 6.07) is 8.00. The summed E-state index contributed by atoms with van der Waals surface area (Å²) in [7, 11) is -3.57. The first-order valence-electron chi connectivity index (χ1n) is 12.1. The fourth-order valence-electron chi connectivity index (χ4n) is 6.65. The van der Waals surface area contributed by atoms with E-state index in [0.717, 1.165) is 24.0 Å². The van der Waals surface area contributed by atoms with Gasteiger partial charge < -0.3 is 10.1 Å².